The van der Waals surface area contributed by atoms with Crippen LogP contribution in [0.2, 0.25) is 0 Å². The number of nitrogens with two attached hydrogens (primary N) is 1. The fourth-order valence-electron chi connectivity index (χ4n) is 2.07. The van der Waals surface area contributed by atoms with Gasteiger partial charge in [0.15, 0.2) is 0 Å². The van der Waals surface area contributed by atoms with E-state index in [1.54, 1.807) is 36.2 Å². The molecule has 3 N–H and O–H groups in total. The van der Waals surface area contributed by atoms with E-state index in [1.807, 2.05) is 25.1 Å². The molecule has 0 fully saturated rings. The Morgan fingerprint density at radius 1 is 1.09 bits per heavy atom. The minimum absolute atomic E-state index is 0.0461. The second-order valence-corrected chi connectivity index (χ2v) is 6.76. The molecule has 2 amide bonds. The molecule has 6 nitrogen and oxygen atoms in total. The Bertz CT molecular complexity index is 774. The molecule has 122 valence electrons. The number of carbonyl (C=O) groups excluding carboxylic acids is 1. The van der Waals surface area contributed by atoms with E-state index in [0.29, 0.717) is 5.69 Å². The van der Waals surface area contributed by atoms with Crippen LogP contribution in [-0.2, 0) is 10.0 Å². The molecule has 0 aliphatic rings. The van der Waals surface area contributed by atoms with E-state index in [9.17, 15) is 13.2 Å². The summed E-state index contributed by atoms with van der Waals surface area (Å²) in [4.78, 5) is 13.8. The lowest BCUT2D eigenvalue weighted by Gasteiger charge is -2.25. The molecule has 0 spiro atoms. The topological polar surface area (TPSA) is 92.5 Å². The number of para-hydroxylation sites is 1. The molecule has 2 aromatic rings. The maximum Gasteiger partial charge on any atom is 0.322 e. The number of carbonyl (C=O) groups is 1. The number of anilines is 1. The maximum absolute atomic E-state index is 12.3. The Hall–Kier alpha value is -2.38. The van der Waals surface area contributed by atoms with Crippen molar-refractivity contribution in [3.05, 3.63) is 60.2 Å². The number of hydrogen-bond donors (Lipinski definition) is 2. The average Bonchev–Trinajstić information content (AvgIpc) is 2.53. The summed E-state index contributed by atoms with van der Waals surface area (Å²) >= 11 is 0. The molecular weight excluding hydrogens is 314 g/mol. The molecule has 2 rings (SSSR count). The van der Waals surface area contributed by atoms with Crippen LogP contribution in [0.5, 0.6) is 0 Å². The molecule has 0 bridgehead atoms. The van der Waals surface area contributed by atoms with Crippen LogP contribution in [0.3, 0.4) is 0 Å². The van der Waals surface area contributed by atoms with Gasteiger partial charge in [0, 0.05) is 12.7 Å². The Morgan fingerprint density at radius 3 is 2.17 bits per heavy atom. The SMILES string of the molecule is CC(c1ccc(S(N)(=O)=O)cc1)N(C)C(=O)Nc1ccccc1. The van der Waals surface area contributed by atoms with E-state index in [4.69, 9.17) is 5.14 Å². The first kappa shape index (κ1) is 17.0. The van der Waals surface area contributed by atoms with E-state index in [2.05, 4.69) is 5.32 Å². The van der Waals surface area contributed by atoms with Gasteiger partial charge in [0.1, 0.15) is 0 Å². The predicted octanol–water partition coefficient (Wildman–Crippen LogP) is 2.56. The third kappa shape index (κ3) is 4.30. The summed E-state index contributed by atoms with van der Waals surface area (Å²) in [5, 5.41) is 7.87. The van der Waals surface area contributed by atoms with Gasteiger partial charge in [-0.3, -0.25) is 0 Å². The van der Waals surface area contributed by atoms with Gasteiger partial charge in [-0.05, 0) is 36.8 Å². The molecule has 1 unspecified atom stereocenters. The molecule has 0 radical (unpaired) electrons. The fourth-order valence-corrected chi connectivity index (χ4v) is 2.58. The van der Waals surface area contributed by atoms with Gasteiger partial charge >= 0.3 is 6.03 Å². The fraction of sp³-hybridized carbons (Fsp3) is 0.188. The van der Waals surface area contributed by atoms with Crippen molar-refractivity contribution in [3.8, 4) is 0 Å². The van der Waals surface area contributed by atoms with E-state index in [0.717, 1.165) is 5.56 Å². The zero-order valence-corrected chi connectivity index (χ0v) is 13.7. The van der Waals surface area contributed by atoms with E-state index >= 15 is 0 Å². The lowest BCUT2D eigenvalue weighted by atomic mass is 10.1. The Kier molecular flexibility index (Phi) is 5.02. The molecule has 0 saturated heterocycles. The zero-order valence-electron chi connectivity index (χ0n) is 12.9. The highest BCUT2D eigenvalue weighted by Crippen LogP contribution is 2.21. The van der Waals surface area contributed by atoms with E-state index in [-0.39, 0.29) is 17.0 Å². The first-order chi connectivity index (χ1) is 10.8. The van der Waals surface area contributed by atoms with Gasteiger partial charge in [-0.25, -0.2) is 18.4 Å². The van der Waals surface area contributed by atoms with Crippen molar-refractivity contribution in [2.24, 2.45) is 5.14 Å². The summed E-state index contributed by atoms with van der Waals surface area (Å²) in [6, 6.07) is 14.8. The minimum atomic E-state index is -3.72. The smallest absolute Gasteiger partial charge is 0.321 e. The van der Waals surface area contributed by atoms with Crippen LogP contribution in [0.25, 0.3) is 0 Å². The van der Waals surface area contributed by atoms with Crippen LogP contribution in [0.1, 0.15) is 18.5 Å². The molecule has 0 aliphatic carbocycles. The van der Waals surface area contributed by atoms with Crippen molar-refractivity contribution in [1.82, 2.24) is 4.90 Å². The van der Waals surface area contributed by atoms with Crippen LogP contribution in [-0.4, -0.2) is 26.4 Å². The average molecular weight is 333 g/mol. The molecular formula is C16H19N3O3S. The molecule has 0 aliphatic heterocycles. The quantitative estimate of drug-likeness (QED) is 0.900. The number of amides is 2. The third-order valence-electron chi connectivity index (χ3n) is 3.62. The van der Waals surface area contributed by atoms with Gasteiger partial charge in [-0.1, -0.05) is 30.3 Å². The number of rotatable bonds is 4. The molecule has 0 saturated carbocycles. The van der Waals surface area contributed by atoms with Crippen molar-refractivity contribution in [3.63, 3.8) is 0 Å². The molecule has 2 aromatic carbocycles. The summed E-state index contributed by atoms with van der Waals surface area (Å²) in [7, 11) is -2.04. The lowest BCUT2D eigenvalue weighted by Crippen LogP contribution is -2.33. The normalized spacial score (nSPS) is 12.5. The number of urea groups is 1. The molecule has 7 heteroatoms. The standard InChI is InChI=1S/C16H19N3O3S/c1-12(13-8-10-15(11-9-13)23(17,21)22)19(2)16(20)18-14-6-4-3-5-7-14/h3-12H,1-2H3,(H,18,20)(H2,17,21,22). The first-order valence-electron chi connectivity index (χ1n) is 7.00. The van der Waals surface area contributed by atoms with Crippen molar-refractivity contribution in [2.45, 2.75) is 17.9 Å². The predicted molar refractivity (Wildman–Crippen MR) is 89.5 cm³/mol. The van der Waals surface area contributed by atoms with Crippen molar-refractivity contribution < 1.29 is 13.2 Å². The third-order valence-corrected chi connectivity index (χ3v) is 4.55. The second kappa shape index (κ2) is 6.80. The van der Waals surface area contributed by atoms with Gasteiger partial charge < -0.3 is 10.2 Å². The van der Waals surface area contributed by atoms with Crippen LogP contribution in [0.15, 0.2) is 59.5 Å². The van der Waals surface area contributed by atoms with Crippen LogP contribution in [0, 0.1) is 0 Å². The molecule has 0 aromatic heterocycles. The largest absolute Gasteiger partial charge is 0.322 e. The lowest BCUT2D eigenvalue weighted by molar-refractivity contribution is 0.208. The number of primary sulfonamides is 1. The number of sulfonamides is 1. The summed E-state index contributed by atoms with van der Waals surface area (Å²) < 4.78 is 22.5. The highest BCUT2D eigenvalue weighted by Gasteiger charge is 2.18. The van der Waals surface area contributed by atoms with Crippen LogP contribution < -0.4 is 10.5 Å². The van der Waals surface area contributed by atoms with E-state index in [1.165, 1.54) is 12.1 Å². The minimum Gasteiger partial charge on any atom is -0.321 e. The molecule has 1 atom stereocenters. The van der Waals surface area contributed by atoms with Gasteiger partial charge in [0.2, 0.25) is 10.0 Å². The van der Waals surface area contributed by atoms with Crippen molar-refractivity contribution in [2.75, 3.05) is 12.4 Å². The first-order valence-corrected chi connectivity index (χ1v) is 8.55. The number of benzene rings is 2. The van der Waals surface area contributed by atoms with Crippen LogP contribution in [0.4, 0.5) is 10.5 Å². The van der Waals surface area contributed by atoms with Crippen LogP contribution >= 0.6 is 0 Å². The zero-order chi connectivity index (χ0) is 17.0. The van der Waals surface area contributed by atoms with Gasteiger partial charge in [0.05, 0.1) is 10.9 Å². The Morgan fingerprint density at radius 2 is 1.65 bits per heavy atom. The monoisotopic (exact) mass is 333 g/mol. The summed E-state index contributed by atoms with van der Waals surface area (Å²) in [5.74, 6) is 0. The van der Waals surface area contributed by atoms with Gasteiger partial charge in [-0.2, -0.15) is 0 Å². The number of hydrogen-bond acceptors (Lipinski definition) is 3. The van der Waals surface area contributed by atoms with Gasteiger partial charge in [0.25, 0.3) is 0 Å². The molecule has 0 heterocycles. The second-order valence-electron chi connectivity index (χ2n) is 5.20. The number of nitrogens with one attached hydrogen (secondary N) is 1. The van der Waals surface area contributed by atoms with Gasteiger partial charge in [-0.15, -0.1) is 0 Å². The van der Waals surface area contributed by atoms with Crippen molar-refractivity contribution >= 4 is 21.7 Å². The summed E-state index contributed by atoms with van der Waals surface area (Å²) in [6.45, 7) is 1.86. The molecule has 23 heavy (non-hydrogen) atoms. The Labute approximate surface area is 136 Å². The maximum atomic E-state index is 12.3. The summed E-state index contributed by atoms with van der Waals surface area (Å²) in [5.41, 5.74) is 1.52. The highest BCUT2D eigenvalue weighted by molar-refractivity contribution is 7.89. The Balaban J connectivity index is 2.09. The number of nitrogens with zero attached hydrogens (tertiary/aromatic N) is 1. The van der Waals surface area contributed by atoms with E-state index < -0.39 is 10.0 Å². The highest BCUT2D eigenvalue weighted by atomic mass is 32.2. The van der Waals surface area contributed by atoms with Crippen molar-refractivity contribution in [1.29, 1.82) is 0 Å². The summed E-state index contributed by atoms with van der Waals surface area (Å²) in [6.07, 6.45) is 0.